The first-order valence-corrected chi connectivity index (χ1v) is 7.29. The lowest BCUT2D eigenvalue weighted by Crippen LogP contribution is -2.31. The molecular formula is C13H20N8. The van der Waals surface area contributed by atoms with Crippen molar-refractivity contribution in [1.29, 1.82) is 0 Å². The van der Waals surface area contributed by atoms with Crippen LogP contribution < -0.4 is 16.0 Å². The van der Waals surface area contributed by atoms with Gasteiger partial charge in [0.15, 0.2) is 0 Å². The summed E-state index contributed by atoms with van der Waals surface area (Å²) >= 11 is 0. The van der Waals surface area contributed by atoms with Crippen LogP contribution in [0.3, 0.4) is 0 Å². The molecule has 1 saturated heterocycles. The van der Waals surface area contributed by atoms with E-state index in [9.17, 15) is 0 Å². The summed E-state index contributed by atoms with van der Waals surface area (Å²) in [6, 6.07) is 1.90. The monoisotopic (exact) mass is 288 g/mol. The molecule has 21 heavy (non-hydrogen) atoms. The molecular weight excluding hydrogens is 268 g/mol. The standard InChI is InChI=1S/C13H20N8/c14-11-17-12(15-6-10-21-9-4-5-16-21)19-13(18-11)20-7-2-1-3-8-20/h4-5,9H,1-3,6-8,10H2,(H3,14,15,17,18,19). The van der Waals surface area contributed by atoms with E-state index in [1.165, 1.54) is 19.3 Å². The van der Waals surface area contributed by atoms with E-state index in [2.05, 4.69) is 30.3 Å². The Hall–Kier alpha value is -2.38. The highest BCUT2D eigenvalue weighted by Gasteiger charge is 2.15. The maximum absolute atomic E-state index is 5.79. The number of nitrogens with zero attached hydrogens (tertiary/aromatic N) is 6. The van der Waals surface area contributed by atoms with Crippen molar-refractivity contribution < 1.29 is 0 Å². The molecule has 2 aromatic rings. The van der Waals surface area contributed by atoms with Crippen molar-refractivity contribution in [1.82, 2.24) is 24.7 Å². The summed E-state index contributed by atoms with van der Waals surface area (Å²) in [6.07, 6.45) is 7.30. The zero-order valence-corrected chi connectivity index (χ0v) is 11.9. The quantitative estimate of drug-likeness (QED) is 0.837. The van der Waals surface area contributed by atoms with Crippen LogP contribution in [0.5, 0.6) is 0 Å². The highest BCUT2D eigenvalue weighted by molar-refractivity contribution is 5.42. The van der Waals surface area contributed by atoms with Gasteiger partial charge in [-0.1, -0.05) is 0 Å². The summed E-state index contributed by atoms with van der Waals surface area (Å²) in [4.78, 5) is 15.0. The van der Waals surface area contributed by atoms with Crippen LogP contribution in [0.2, 0.25) is 0 Å². The van der Waals surface area contributed by atoms with Gasteiger partial charge in [0.2, 0.25) is 17.8 Å². The van der Waals surface area contributed by atoms with E-state index in [1.807, 2.05) is 16.9 Å². The second-order valence-electron chi connectivity index (χ2n) is 5.06. The Morgan fingerprint density at radius 1 is 1.14 bits per heavy atom. The Balaban J connectivity index is 1.63. The molecule has 0 unspecified atom stereocenters. The van der Waals surface area contributed by atoms with Crippen molar-refractivity contribution in [3.63, 3.8) is 0 Å². The number of piperidine rings is 1. The molecule has 8 nitrogen and oxygen atoms in total. The van der Waals surface area contributed by atoms with Crippen LogP contribution >= 0.6 is 0 Å². The van der Waals surface area contributed by atoms with Crippen molar-refractivity contribution in [2.45, 2.75) is 25.8 Å². The lowest BCUT2D eigenvalue weighted by Gasteiger charge is -2.26. The molecule has 0 saturated carbocycles. The Labute approximate surface area is 123 Å². The molecule has 112 valence electrons. The lowest BCUT2D eigenvalue weighted by atomic mass is 10.1. The van der Waals surface area contributed by atoms with Gasteiger partial charge in [-0.15, -0.1) is 0 Å². The Morgan fingerprint density at radius 3 is 2.76 bits per heavy atom. The van der Waals surface area contributed by atoms with E-state index < -0.39 is 0 Å². The van der Waals surface area contributed by atoms with Crippen LogP contribution in [0, 0.1) is 0 Å². The zero-order valence-electron chi connectivity index (χ0n) is 11.9. The van der Waals surface area contributed by atoms with E-state index in [0.29, 0.717) is 18.4 Å². The van der Waals surface area contributed by atoms with E-state index >= 15 is 0 Å². The van der Waals surface area contributed by atoms with Gasteiger partial charge in [0.05, 0.1) is 6.54 Å². The fraction of sp³-hybridized carbons (Fsp3) is 0.538. The molecule has 0 radical (unpaired) electrons. The molecule has 0 bridgehead atoms. The Bertz CT molecular complexity index is 562. The molecule has 1 aliphatic rings. The van der Waals surface area contributed by atoms with Crippen molar-refractivity contribution in [3.8, 4) is 0 Å². The normalized spacial score (nSPS) is 15.1. The maximum Gasteiger partial charge on any atom is 0.231 e. The van der Waals surface area contributed by atoms with Gasteiger partial charge < -0.3 is 16.0 Å². The average molecular weight is 288 g/mol. The van der Waals surface area contributed by atoms with Crippen molar-refractivity contribution in [3.05, 3.63) is 18.5 Å². The van der Waals surface area contributed by atoms with Crippen molar-refractivity contribution in [2.75, 3.05) is 35.6 Å². The first kappa shape index (κ1) is 13.6. The number of rotatable bonds is 5. The Kier molecular flexibility index (Phi) is 4.13. The van der Waals surface area contributed by atoms with E-state index in [4.69, 9.17) is 5.73 Å². The van der Waals surface area contributed by atoms with E-state index in [0.717, 1.165) is 19.6 Å². The second-order valence-corrected chi connectivity index (χ2v) is 5.06. The minimum atomic E-state index is 0.257. The number of nitrogen functional groups attached to an aromatic ring is 1. The smallest absolute Gasteiger partial charge is 0.231 e. The molecule has 0 atom stereocenters. The molecule has 3 heterocycles. The van der Waals surface area contributed by atoms with Crippen LogP contribution in [-0.2, 0) is 6.54 Å². The SMILES string of the molecule is Nc1nc(NCCn2cccn2)nc(N2CCCCC2)n1. The van der Waals surface area contributed by atoms with Gasteiger partial charge in [-0.3, -0.25) is 4.68 Å². The van der Waals surface area contributed by atoms with Crippen LogP contribution in [0.4, 0.5) is 17.8 Å². The van der Waals surface area contributed by atoms with Crippen LogP contribution in [-0.4, -0.2) is 44.4 Å². The second kappa shape index (κ2) is 6.38. The number of hydrogen-bond acceptors (Lipinski definition) is 7. The molecule has 0 spiro atoms. The van der Waals surface area contributed by atoms with Crippen LogP contribution in [0.15, 0.2) is 18.5 Å². The topological polar surface area (TPSA) is 97.8 Å². The largest absolute Gasteiger partial charge is 0.368 e. The molecule has 3 rings (SSSR count). The molecule has 0 amide bonds. The lowest BCUT2D eigenvalue weighted by molar-refractivity contribution is 0.567. The molecule has 3 N–H and O–H groups in total. The predicted octanol–water partition coefficient (Wildman–Crippen LogP) is 0.753. The summed E-state index contributed by atoms with van der Waals surface area (Å²) < 4.78 is 1.85. The van der Waals surface area contributed by atoms with Gasteiger partial charge in [-0.2, -0.15) is 20.1 Å². The summed E-state index contributed by atoms with van der Waals surface area (Å²) in [6.45, 7) is 3.40. The first-order chi connectivity index (χ1) is 10.3. The van der Waals surface area contributed by atoms with Crippen molar-refractivity contribution >= 4 is 17.8 Å². The highest BCUT2D eigenvalue weighted by atomic mass is 15.3. The summed E-state index contributed by atoms with van der Waals surface area (Å²) in [5.41, 5.74) is 5.79. The predicted molar refractivity (Wildman–Crippen MR) is 81.0 cm³/mol. The van der Waals surface area contributed by atoms with Gasteiger partial charge in [0.25, 0.3) is 0 Å². The minimum absolute atomic E-state index is 0.257. The van der Waals surface area contributed by atoms with Crippen LogP contribution in [0.25, 0.3) is 0 Å². The van der Waals surface area contributed by atoms with Gasteiger partial charge in [0, 0.05) is 32.0 Å². The molecule has 8 heteroatoms. The molecule has 0 aliphatic carbocycles. The molecule has 2 aromatic heterocycles. The Morgan fingerprint density at radius 2 is 2.00 bits per heavy atom. The van der Waals surface area contributed by atoms with Crippen molar-refractivity contribution in [2.24, 2.45) is 0 Å². The van der Waals surface area contributed by atoms with Gasteiger partial charge in [-0.25, -0.2) is 0 Å². The highest BCUT2D eigenvalue weighted by Crippen LogP contribution is 2.17. The van der Waals surface area contributed by atoms with Gasteiger partial charge >= 0.3 is 0 Å². The molecule has 0 aromatic carbocycles. The minimum Gasteiger partial charge on any atom is -0.368 e. The number of anilines is 3. The number of nitrogens with two attached hydrogens (primary N) is 1. The van der Waals surface area contributed by atoms with Gasteiger partial charge in [0.1, 0.15) is 0 Å². The number of aromatic nitrogens is 5. The van der Waals surface area contributed by atoms with E-state index in [-0.39, 0.29) is 5.95 Å². The third-order valence-corrected chi connectivity index (χ3v) is 3.46. The number of hydrogen-bond donors (Lipinski definition) is 2. The van der Waals surface area contributed by atoms with Gasteiger partial charge in [-0.05, 0) is 25.3 Å². The van der Waals surface area contributed by atoms with Crippen LogP contribution in [0.1, 0.15) is 19.3 Å². The number of nitrogens with one attached hydrogen (secondary N) is 1. The third-order valence-electron chi connectivity index (χ3n) is 3.46. The third kappa shape index (κ3) is 3.59. The summed E-state index contributed by atoms with van der Waals surface area (Å²) in [5.74, 6) is 1.45. The fourth-order valence-corrected chi connectivity index (χ4v) is 2.41. The zero-order chi connectivity index (χ0) is 14.5. The first-order valence-electron chi connectivity index (χ1n) is 7.29. The summed E-state index contributed by atoms with van der Waals surface area (Å²) in [5, 5.41) is 7.32. The average Bonchev–Trinajstić information content (AvgIpc) is 3.01. The fourth-order valence-electron chi connectivity index (χ4n) is 2.41. The van der Waals surface area contributed by atoms with E-state index in [1.54, 1.807) is 6.20 Å². The molecule has 1 aliphatic heterocycles. The summed E-state index contributed by atoms with van der Waals surface area (Å²) in [7, 11) is 0. The molecule has 1 fully saturated rings. The maximum atomic E-state index is 5.79.